The second-order valence-electron chi connectivity index (χ2n) is 7.70. The van der Waals surface area contributed by atoms with E-state index in [0.29, 0.717) is 30.3 Å². The number of nitrogens with one attached hydrogen (secondary N) is 2. The SMILES string of the molecule is CC(C)(C)Nc1ccc([N+](=O)[O-])c(Nc2ccc(N3CCOC(S)C3F)cc2)n1. The molecular weight excluding hydrogens is 397 g/mol. The first-order valence-corrected chi connectivity index (χ1v) is 9.67. The van der Waals surface area contributed by atoms with Gasteiger partial charge in [0.05, 0.1) is 11.5 Å². The summed E-state index contributed by atoms with van der Waals surface area (Å²) in [4.78, 5) is 16.8. The Morgan fingerprint density at radius 3 is 2.59 bits per heavy atom. The van der Waals surface area contributed by atoms with E-state index in [1.165, 1.54) is 6.07 Å². The molecule has 3 rings (SSSR count). The maximum absolute atomic E-state index is 14.3. The average Bonchev–Trinajstić information content (AvgIpc) is 2.63. The highest BCUT2D eigenvalue weighted by Gasteiger charge is 2.30. The minimum atomic E-state index is -1.35. The Kier molecular flexibility index (Phi) is 6.13. The number of anilines is 4. The quantitative estimate of drug-likeness (QED) is 0.286. The smallest absolute Gasteiger partial charge is 0.311 e. The number of hydrogen-bond acceptors (Lipinski definition) is 8. The first kappa shape index (κ1) is 21.1. The van der Waals surface area contributed by atoms with Crippen LogP contribution in [-0.2, 0) is 4.74 Å². The molecule has 1 aromatic heterocycles. The van der Waals surface area contributed by atoms with Gasteiger partial charge in [0.25, 0.3) is 0 Å². The summed E-state index contributed by atoms with van der Waals surface area (Å²) in [5.74, 6) is 0.651. The summed E-state index contributed by atoms with van der Waals surface area (Å²) in [5, 5.41) is 17.6. The van der Waals surface area contributed by atoms with Crippen LogP contribution in [0, 0.1) is 10.1 Å². The molecule has 0 saturated carbocycles. The van der Waals surface area contributed by atoms with Crippen LogP contribution in [-0.4, -0.2) is 40.3 Å². The third-order valence-electron chi connectivity index (χ3n) is 4.19. The van der Waals surface area contributed by atoms with Gasteiger partial charge in [-0.15, -0.1) is 12.6 Å². The molecule has 1 saturated heterocycles. The fraction of sp³-hybridized carbons (Fsp3) is 0.421. The summed E-state index contributed by atoms with van der Waals surface area (Å²) in [5.41, 5.74) is 0.0998. The van der Waals surface area contributed by atoms with E-state index in [-0.39, 0.29) is 17.0 Å². The number of nitro groups is 1. The van der Waals surface area contributed by atoms with Crippen molar-refractivity contribution in [3.8, 4) is 0 Å². The van der Waals surface area contributed by atoms with Gasteiger partial charge in [-0.2, -0.15) is 0 Å². The van der Waals surface area contributed by atoms with Gasteiger partial charge in [0, 0.05) is 29.5 Å². The summed E-state index contributed by atoms with van der Waals surface area (Å²) >= 11 is 4.09. The van der Waals surface area contributed by atoms with Crippen molar-refractivity contribution >= 4 is 41.3 Å². The number of alkyl halides is 1. The Morgan fingerprint density at radius 1 is 1.28 bits per heavy atom. The molecule has 1 aliphatic heterocycles. The van der Waals surface area contributed by atoms with Crippen LogP contribution in [0.1, 0.15) is 20.8 Å². The minimum absolute atomic E-state index is 0.127. The Morgan fingerprint density at radius 2 is 1.97 bits per heavy atom. The molecule has 2 unspecified atom stereocenters. The maximum atomic E-state index is 14.3. The van der Waals surface area contributed by atoms with Gasteiger partial charge in [-0.3, -0.25) is 10.1 Å². The fourth-order valence-corrected chi connectivity index (χ4v) is 3.18. The molecule has 2 atom stereocenters. The largest absolute Gasteiger partial charge is 0.365 e. The first-order valence-electron chi connectivity index (χ1n) is 9.15. The van der Waals surface area contributed by atoms with E-state index in [4.69, 9.17) is 4.74 Å². The molecule has 0 aliphatic carbocycles. The molecule has 0 bridgehead atoms. The highest BCUT2D eigenvalue weighted by molar-refractivity contribution is 7.80. The van der Waals surface area contributed by atoms with Crippen LogP contribution < -0.4 is 15.5 Å². The predicted molar refractivity (Wildman–Crippen MR) is 115 cm³/mol. The third kappa shape index (κ3) is 5.27. The Labute approximate surface area is 174 Å². The molecule has 2 N–H and O–H groups in total. The van der Waals surface area contributed by atoms with E-state index in [0.717, 1.165) is 0 Å². The van der Waals surface area contributed by atoms with Gasteiger partial charge in [0.15, 0.2) is 0 Å². The molecule has 1 fully saturated rings. The average molecular weight is 421 g/mol. The number of rotatable bonds is 5. The van der Waals surface area contributed by atoms with E-state index >= 15 is 0 Å². The highest BCUT2D eigenvalue weighted by atomic mass is 32.1. The van der Waals surface area contributed by atoms with Crippen molar-refractivity contribution in [2.45, 2.75) is 38.0 Å². The van der Waals surface area contributed by atoms with Crippen LogP contribution in [0.5, 0.6) is 0 Å². The van der Waals surface area contributed by atoms with Crippen LogP contribution in [0.4, 0.5) is 33.1 Å². The summed E-state index contributed by atoms with van der Waals surface area (Å²) in [7, 11) is 0. The molecule has 10 heteroatoms. The van der Waals surface area contributed by atoms with E-state index in [2.05, 4.69) is 28.2 Å². The lowest BCUT2D eigenvalue weighted by atomic mass is 10.1. The maximum Gasteiger partial charge on any atom is 0.311 e. The number of ether oxygens (including phenoxy) is 1. The summed E-state index contributed by atoms with van der Waals surface area (Å²) in [6, 6.07) is 9.91. The second-order valence-corrected chi connectivity index (χ2v) is 8.20. The van der Waals surface area contributed by atoms with Gasteiger partial charge in [0.1, 0.15) is 11.3 Å². The minimum Gasteiger partial charge on any atom is -0.365 e. The lowest BCUT2D eigenvalue weighted by Crippen LogP contribution is -2.46. The lowest BCUT2D eigenvalue weighted by Gasteiger charge is -2.35. The lowest BCUT2D eigenvalue weighted by molar-refractivity contribution is -0.384. The first-order chi connectivity index (χ1) is 13.6. The zero-order valence-corrected chi connectivity index (χ0v) is 17.3. The van der Waals surface area contributed by atoms with Gasteiger partial charge < -0.3 is 20.3 Å². The number of pyridine rings is 1. The number of halogens is 1. The number of nitrogens with zero attached hydrogens (tertiary/aromatic N) is 3. The van der Waals surface area contributed by atoms with Gasteiger partial charge in [-0.25, -0.2) is 9.37 Å². The summed E-state index contributed by atoms with van der Waals surface area (Å²) in [6.45, 7) is 6.72. The number of hydrogen-bond donors (Lipinski definition) is 3. The standard InChI is InChI=1S/C19H24FN5O3S/c1-19(2,3)23-15-9-8-14(25(26)27)17(22-15)21-12-4-6-13(7-5-12)24-10-11-28-18(29)16(24)20/h4-9,16,18,29H,10-11H2,1-3H3,(H2,21,22,23). The number of morpholine rings is 1. The third-order valence-corrected chi connectivity index (χ3v) is 4.58. The predicted octanol–water partition coefficient (Wildman–Crippen LogP) is 4.33. The molecule has 0 radical (unpaired) electrons. The monoisotopic (exact) mass is 421 g/mol. The molecule has 29 heavy (non-hydrogen) atoms. The molecule has 0 spiro atoms. The normalized spacial score (nSPS) is 19.7. The van der Waals surface area contributed by atoms with Crippen LogP contribution >= 0.6 is 12.6 Å². The van der Waals surface area contributed by atoms with E-state index in [1.807, 2.05) is 20.8 Å². The zero-order valence-electron chi connectivity index (χ0n) is 16.4. The number of thiol groups is 1. The van der Waals surface area contributed by atoms with Gasteiger partial charge >= 0.3 is 5.69 Å². The van der Waals surface area contributed by atoms with Crippen LogP contribution in [0.15, 0.2) is 36.4 Å². The summed E-state index contributed by atoms with van der Waals surface area (Å²) < 4.78 is 19.5. The van der Waals surface area contributed by atoms with Crippen LogP contribution in [0.25, 0.3) is 0 Å². The van der Waals surface area contributed by atoms with E-state index in [9.17, 15) is 14.5 Å². The van der Waals surface area contributed by atoms with Crippen LogP contribution in [0.2, 0.25) is 0 Å². The van der Waals surface area contributed by atoms with Crippen molar-refractivity contribution < 1.29 is 14.1 Å². The van der Waals surface area contributed by atoms with Gasteiger partial charge in [0.2, 0.25) is 12.1 Å². The van der Waals surface area contributed by atoms with Crippen molar-refractivity contribution in [2.24, 2.45) is 0 Å². The Balaban J connectivity index is 1.81. The Bertz CT molecular complexity index is 875. The molecule has 0 amide bonds. The van der Waals surface area contributed by atoms with Crippen molar-refractivity contribution in [1.82, 2.24) is 4.98 Å². The number of benzene rings is 1. The highest BCUT2D eigenvalue weighted by Crippen LogP contribution is 2.30. The second kappa shape index (κ2) is 8.42. The summed E-state index contributed by atoms with van der Waals surface area (Å²) in [6.07, 6.45) is -1.35. The molecule has 156 valence electrons. The number of aromatic nitrogens is 1. The fourth-order valence-electron chi connectivity index (χ4n) is 2.92. The van der Waals surface area contributed by atoms with Gasteiger partial charge in [-0.1, -0.05) is 0 Å². The van der Waals surface area contributed by atoms with Crippen molar-refractivity contribution in [3.63, 3.8) is 0 Å². The molecular formula is C19H24FN5O3S. The molecule has 2 heterocycles. The van der Waals surface area contributed by atoms with E-state index < -0.39 is 16.7 Å². The van der Waals surface area contributed by atoms with Crippen LogP contribution in [0.3, 0.4) is 0 Å². The molecule has 1 aromatic carbocycles. The molecule has 1 aliphatic rings. The van der Waals surface area contributed by atoms with Crippen molar-refractivity contribution in [2.75, 3.05) is 28.7 Å². The van der Waals surface area contributed by atoms with E-state index in [1.54, 1.807) is 35.2 Å². The topological polar surface area (TPSA) is 92.6 Å². The zero-order chi connectivity index (χ0) is 21.2. The molecule has 2 aromatic rings. The van der Waals surface area contributed by atoms with Gasteiger partial charge in [-0.05, 0) is 51.1 Å². The Hall–Kier alpha value is -2.59. The van der Waals surface area contributed by atoms with Crippen molar-refractivity contribution in [3.05, 3.63) is 46.5 Å². The van der Waals surface area contributed by atoms with Crippen molar-refractivity contribution in [1.29, 1.82) is 0 Å². The molecule has 8 nitrogen and oxygen atoms in total.